The fourth-order valence-corrected chi connectivity index (χ4v) is 7.04. The van der Waals surface area contributed by atoms with E-state index in [-0.39, 0.29) is 29.8 Å². The minimum atomic E-state index is -4.21. The van der Waals surface area contributed by atoms with Crippen molar-refractivity contribution in [3.8, 4) is 0 Å². The first-order valence-corrected chi connectivity index (χ1v) is 17.3. The van der Waals surface area contributed by atoms with Crippen LogP contribution in [0, 0.1) is 13.8 Å². The fourth-order valence-electron chi connectivity index (χ4n) is 5.04. The van der Waals surface area contributed by atoms with E-state index in [0.717, 1.165) is 15.4 Å². The molecule has 0 aliphatic heterocycles. The van der Waals surface area contributed by atoms with E-state index in [2.05, 4.69) is 5.32 Å². The highest BCUT2D eigenvalue weighted by Gasteiger charge is 2.36. The Balaban J connectivity index is 1.85. The minimum absolute atomic E-state index is 0.0465. The number of para-hydroxylation sites is 1. The minimum Gasteiger partial charge on any atom is -0.352 e. The van der Waals surface area contributed by atoms with Crippen molar-refractivity contribution in [1.82, 2.24) is 10.2 Å². The number of carbonyl (C=O) groups is 2. The van der Waals surface area contributed by atoms with Crippen LogP contribution in [-0.4, -0.2) is 43.8 Å². The summed E-state index contributed by atoms with van der Waals surface area (Å²) in [6.07, 6.45) is 0.871. The monoisotopic (exact) mass is 679 g/mol. The number of hydrogen-bond acceptors (Lipinski definition) is 4. The van der Waals surface area contributed by atoms with Crippen molar-refractivity contribution in [2.75, 3.05) is 10.8 Å². The van der Waals surface area contributed by atoms with E-state index in [1.54, 1.807) is 61.5 Å². The van der Waals surface area contributed by atoms with Crippen molar-refractivity contribution in [2.45, 2.75) is 64.1 Å². The molecule has 4 rings (SSSR count). The number of amides is 2. The Morgan fingerprint density at radius 3 is 2.04 bits per heavy atom. The van der Waals surface area contributed by atoms with Gasteiger partial charge in [0, 0.05) is 34.6 Å². The summed E-state index contributed by atoms with van der Waals surface area (Å²) in [5, 5.41) is 3.68. The summed E-state index contributed by atoms with van der Waals surface area (Å²) in [5.41, 5.74) is 3.21. The first kappa shape index (κ1) is 35.0. The first-order chi connectivity index (χ1) is 21.9. The molecule has 4 aromatic rings. The zero-order valence-corrected chi connectivity index (χ0v) is 28.7. The molecule has 0 aromatic heterocycles. The molecule has 1 N–H and O–H groups in total. The van der Waals surface area contributed by atoms with Crippen molar-refractivity contribution in [2.24, 2.45) is 0 Å². The molecule has 0 saturated heterocycles. The van der Waals surface area contributed by atoms with Gasteiger partial charge < -0.3 is 10.2 Å². The van der Waals surface area contributed by atoms with Crippen LogP contribution in [-0.2, 0) is 32.6 Å². The van der Waals surface area contributed by atoms with E-state index < -0.39 is 28.5 Å². The Kier molecular flexibility index (Phi) is 11.9. The molecule has 2 amide bonds. The summed E-state index contributed by atoms with van der Waals surface area (Å²) < 4.78 is 29.6. The van der Waals surface area contributed by atoms with E-state index in [1.165, 1.54) is 17.0 Å². The van der Waals surface area contributed by atoms with Gasteiger partial charge in [-0.1, -0.05) is 102 Å². The largest absolute Gasteiger partial charge is 0.352 e. The number of aryl methyl sites for hydroxylation is 2. The van der Waals surface area contributed by atoms with Crippen molar-refractivity contribution in [1.29, 1.82) is 0 Å². The molecular weight excluding hydrogens is 641 g/mol. The Hall–Kier alpha value is -3.85. The molecule has 0 bridgehead atoms. The normalized spacial score (nSPS) is 12.7. The molecule has 0 radical (unpaired) electrons. The van der Waals surface area contributed by atoms with Gasteiger partial charge in [0.1, 0.15) is 12.6 Å². The Morgan fingerprint density at radius 1 is 0.826 bits per heavy atom. The molecule has 0 aliphatic carbocycles. The maximum Gasteiger partial charge on any atom is 0.264 e. The van der Waals surface area contributed by atoms with Gasteiger partial charge in [-0.25, -0.2) is 8.42 Å². The molecule has 0 aliphatic rings. The van der Waals surface area contributed by atoms with Gasteiger partial charge in [-0.15, -0.1) is 0 Å². The lowest BCUT2D eigenvalue weighted by Crippen LogP contribution is -2.54. The van der Waals surface area contributed by atoms with Gasteiger partial charge in [-0.2, -0.15) is 0 Å². The molecule has 0 unspecified atom stereocenters. The van der Waals surface area contributed by atoms with Gasteiger partial charge in [0.15, 0.2) is 0 Å². The topological polar surface area (TPSA) is 86.8 Å². The summed E-state index contributed by atoms with van der Waals surface area (Å²) in [5.74, 6) is -0.950. The number of rotatable bonds is 13. The van der Waals surface area contributed by atoms with Crippen LogP contribution in [0.1, 0.15) is 42.5 Å². The van der Waals surface area contributed by atoms with Crippen LogP contribution in [0.25, 0.3) is 0 Å². The highest BCUT2D eigenvalue weighted by Crippen LogP contribution is 2.30. The molecule has 0 saturated carbocycles. The van der Waals surface area contributed by atoms with Gasteiger partial charge in [-0.3, -0.25) is 13.9 Å². The molecule has 0 spiro atoms. The van der Waals surface area contributed by atoms with Crippen LogP contribution in [0.5, 0.6) is 0 Å². The fraction of sp³-hybridized carbons (Fsp3) is 0.278. The summed E-state index contributed by atoms with van der Waals surface area (Å²) >= 11 is 13.2. The Morgan fingerprint density at radius 2 is 1.43 bits per heavy atom. The van der Waals surface area contributed by atoms with Crippen LogP contribution in [0.2, 0.25) is 10.0 Å². The number of nitrogens with zero attached hydrogens (tertiary/aromatic N) is 2. The van der Waals surface area contributed by atoms with Crippen LogP contribution in [0.15, 0.2) is 102 Å². The zero-order chi connectivity index (χ0) is 33.4. The standard InChI is InChI=1S/C36H39Cl2N3O4S/c1-5-27(4)39-36(43)34(22-28-13-7-6-8-14-28)40(23-30-31(37)15-11-16-32(30)38)35(42)24-41(33-17-10-9-12-26(33)3)46(44,45)29-20-18-25(2)19-21-29/h6-21,27,34H,5,22-24H2,1-4H3,(H,39,43)/t27-,34+/m0/s1. The number of hydrogen-bond donors (Lipinski definition) is 1. The molecule has 2 atom stereocenters. The third-order valence-corrected chi connectivity index (χ3v) is 10.4. The molecular formula is C36H39Cl2N3O4S. The maximum atomic E-state index is 14.6. The van der Waals surface area contributed by atoms with Crippen molar-refractivity contribution in [3.05, 3.63) is 129 Å². The molecule has 46 heavy (non-hydrogen) atoms. The maximum absolute atomic E-state index is 14.6. The zero-order valence-electron chi connectivity index (χ0n) is 26.4. The lowest BCUT2D eigenvalue weighted by atomic mass is 10.0. The lowest BCUT2D eigenvalue weighted by Gasteiger charge is -2.35. The molecule has 4 aromatic carbocycles. The summed E-state index contributed by atoms with van der Waals surface area (Å²) in [4.78, 5) is 30.1. The number of benzene rings is 4. The highest BCUT2D eigenvalue weighted by atomic mass is 35.5. The van der Waals surface area contributed by atoms with Gasteiger partial charge >= 0.3 is 0 Å². The average molecular weight is 681 g/mol. The predicted octanol–water partition coefficient (Wildman–Crippen LogP) is 7.36. The van der Waals surface area contributed by atoms with Crippen LogP contribution < -0.4 is 9.62 Å². The van der Waals surface area contributed by atoms with Gasteiger partial charge in [0.25, 0.3) is 10.0 Å². The summed E-state index contributed by atoms with van der Waals surface area (Å²) in [6, 6.07) is 26.7. The molecule has 7 nitrogen and oxygen atoms in total. The average Bonchev–Trinajstić information content (AvgIpc) is 3.03. The number of anilines is 1. The third kappa shape index (κ3) is 8.49. The van der Waals surface area contributed by atoms with Crippen LogP contribution >= 0.6 is 23.2 Å². The summed E-state index contributed by atoms with van der Waals surface area (Å²) in [7, 11) is -4.21. The van der Waals surface area contributed by atoms with Gasteiger partial charge in [0.05, 0.1) is 10.6 Å². The molecule has 0 fully saturated rings. The van der Waals surface area contributed by atoms with E-state index in [4.69, 9.17) is 23.2 Å². The van der Waals surface area contributed by atoms with E-state index >= 15 is 0 Å². The SMILES string of the molecule is CC[C@H](C)NC(=O)[C@@H](Cc1ccccc1)N(Cc1c(Cl)cccc1Cl)C(=O)CN(c1ccccc1C)S(=O)(=O)c1ccc(C)cc1. The van der Waals surface area contributed by atoms with Crippen LogP contribution in [0.3, 0.4) is 0 Å². The number of halogens is 2. The smallest absolute Gasteiger partial charge is 0.264 e. The van der Waals surface area contributed by atoms with Crippen molar-refractivity contribution >= 4 is 50.7 Å². The van der Waals surface area contributed by atoms with Crippen LogP contribution in [0.4, 0.5) is 5.69 Å². The third-order valence-electron chi connectivity index (χ3n) is 7.93. The second-order valence-corrected chi connectivity index (χ2v) is 14.0. The van der Waals surface area contributed by atoms with Gasteiger partial charge in [-0.05, 0) is 68.7 Å². The summed E-state index contributed by atoms with van der Waals surface area (Å²) in [6.45, 7) is 6.83. The Bertz CT molecular complexity index is 1750. The molecule has 242 valence electrons. The number of nitrogens with one attached hydrogen (secondary N) is 1. The second kappa shape index (κ2) is 15.6. The number of sulfonamides is 1. The van der Waals surface area contributed by atoms with E-state index in [1.807, 2.05) is 51.1 Å². The second-order valence-electron chi connectivity index (χ2n) is 11.4. The number of carbonyl (C=O) groups excluding carboxylic acids is 2. The molecule has 10 heteroatoms. The highest BCUT2D eigenvalue weighted by molar-refractivity contribution is 7.92. The molecule has 0 heterocycles. The van der Waals surface area contributed by atoms with Gasteiger partial charge in [0.2, 0.25) is 11.8 Å². The van der Waals surface area contributed by atoms with E-state index in [9.17, 15) is 18.0 Å². The first-order valence-electron chi connectivity index (χ1n) is 15.1. The quantitative estimate of drug-likeness (QED) is 0.160. The van der Waals surface area contributed by atoms with Crippen molar-refractivity contribution < 1.29 is 18.0 Å². The van der Waals surface area contributed by atoms with Crippen molar-refractivity contribution in [3.63, 3.8) is 0 Å². The lowest BCUT2D eigenvalue weighted by molar-refractivity contribution is -0.140. The van der Waals surface area contributed by atoms with E-state index in [0.29, 0.717) is 33.3 Å². The Labute approximate surface area is 282 Å². The predicted molar refractivity (Wildman–Crippen MR) is 186 cm³/mol.